The van der Waals surface area contributed by atoms with Gasteiger partial charge in [0.05, 0.1) is 12.1 Å². The molecule has 0 saturated carbocycles. The molecule has 1 heterocycles. The third-order valence-electron chi connectivity index (χ3n) is 2.97. The van der Waals surface area contributed by atoms with E-state index in [9.17, 15) is 4.39 Å². The second-order valence-corrected chi connectivity index (χ2v) is 4.65. The highest BCUT2D eigenvalue weighted by atomic mass is 35.5. The molecule has 0 unspecified atom stereocenters. The van der Waals surface area contributed by atoms with Gasteiger partial charge in [0, 0.05) is 23.0 Å². The summed E-state index contributed by atoms with van der Waals surface area (Å²) in [7, 11) is 0. The minimum absolute atomic E-state index is 0. The van der Waals surface area contributed by atoms with Crippen molar-refractivity contribution >= 4 is 34.9 Å². The maximum Gasteiger partial charge on any atom is 0.167 e. The predicted octanol–water partition coefficient (Wildman–Crippen LogP) is 4.89. The SMILES string of the molecule is CCCc1nc2cc(F)c(OCC)cc2cc1CCl.Cl. The van der Waals surface area contributed by atoms with Gasteiger partial charge < -0.3 is 4.74 Å². The highest BCUT2D eigenvalue weighted by Gasteiger charge is 2.10. The standard InChI is InChI=1S/C15H17ClFNO.ClH/c1-3-5-13-11(9-16)6-10-7-15(19-4-2)12(17)8-14(10)18-13;/h6-8H,3-5,9H2,1-2H3;1H. The van der Waals surface area contributed by atoms with Crippen LogP contribution >= 0.6 is 24.0 Å². The van der Waals surface area contributed by atoms with Crippen LogP contribution in [0.15, 0.2) is 18.2 Å². The molecule has 0 aliphatic rings. The lowest BCUT2D eigenvalue weighted by Gasteiger charge is -2.10. The third-order valence-corrected chi connectivity index (χ3v) is 3.26. The fourth-order valence-corrected chi connectivity index (χ4v) is 2.33. The second-order valence-electron chi connectivity index (χ2n) is 4.39. The number of ether oxygens (including phenoxy) is 1. The summed E-state index contributed by atoms with van der Waals surface area (Å²) in [5, 5.41) is 0.861. The molecule has 0 fully saturated rings. The van der Waals surface area contributed by atoms with E-state index in [4.69, 9.17) is 16.3 Å². The van der Waals surface area contributed by atoms with Crippen LogP contribution in [0.4, 0.5) is 4.39 Å². The summed E-state index contributed by atoms with van der Waals surface area (Å²) in [5.41, 5.74) is 2.61. The van der Waals surface area contributed by atoms with Gasteiger partial charge in [0.25, 0.3) is 0 Å². The summed E-state index contributed by atoms with van der Waals surface area (Å²) in [4.78, 5) is 4.52. The quantitative estimate of drug-likeness (QED) is 0.733. The van der Waals surface area contributed by atoms with Crippen LogP contribution in [0, 0.1) is 5.82 Å². The lowest BCUT2D eigenvalue weighted by molar-refractivity contribution is 0.322. The Bertz CT molecular complexity index is 590. The van der Waals surface area contributed by atoms with Crippen molar-refractivity contribution in [2.75, 3.05) is 6.61 Å². The Labute approximate surface area is 129 Å². The van der Waals surface area contributed by atoms with Crippen LogP contribution < -0.4 is 4.74 Å². The molecule has 0 amide bonds. The highest BCUT2D eigenvalue weighted by molar-refractivity contribution is 6.17. The fourth-order valence-electron chi connectivity index (χ4n) is 2.09. The number of hydrogen-bond acceptors (Lipinski definition) is 2. The van der Waals surface area contributed by atoms with Crippen LogP contribution in [0.5, 0.6) is 5.75 Å². The van der Waals surface area contributed by atoms with Crippen molar-refractivity contribution in [1.29, 1.82) is 0 Å². The summed E-state index contributed by atoms with van der Waals surface area (Å²) in [6.07, 6.45) is 1.84. The predicted molar refractivity (Wildman–Crippen MR) is 83.7 cm³/mol. The van der Waals surface area contributed by atoms with Crippen molar-refractivity contribution in [3.8, 4) is 5.75 Å². The molecule has 0 saturated heterocycles. The Morgan fingerprint density at radius 1 is 1.25 bits per heavy atom. The van der Waals surface area contributed by atoms with E-state index in [0.29, 0.717) is 18.0 Å². The van der Waals surface area contributed by atoms with Crippen molar-refractivity contribution in [3.63, 3.8) is 0 Å². The minimum atomic E-state index is -0.372. The Balaban J connectivity index is 0.00000200. The monoisotopic (exact) mass is 317 g/mol. The number of benzene rings is 1. The molecule has 0 aliphatic carbocycles. The summed E-state index contributed by atoms with van der Waals surface area (Å²) in [5.74, 6) is 0.308. The van der Waals surface area contributed by atoms with E-state index >= 15 is 0 Å². The van der Waals surface area contributed by atoms with Gasteiger partial charge in [-0.05, 0) is 31.0 Å². The van der Waals surface area contributed by atoms with E-state index in [-0.39, 0.29) is 24.0 Å². The van der Waals surface area contributed by atoms with Gasteiger partial charge in [0.1, 0.15) is 0 Å². The van der Waals surface area contributed by atoms with Gasteiger partial charge in [-0.2, -0.15) is 0 Å². The number of aryl methyl sites for hydroxylation is 1. The van der Waals surface area contributed by atoms with Gasteiger partial charge in [-0.25, -0.2) is 4.39 Å². The van der Waals surface area contributed by atoms with Crippen molar-refractivity contribution in [2.24, 2.45) is 0 Å². The second kappa shape index (κ2) is 7.65. The number of hydrogen-bond donors (Lipinski definition) is 0. The molecule has 2 rings (SSSR count). The number of fused-ring (bicyclic) bond motifs is 1. The third kappa shape index (κ3) is 3.53. The normalized spacial score (nSPS) is 10.4. The molecular weight excluding hydrogens is 300 g/mol. The van der Waals surface area contributed by atoms with E-state index in [0.717, 1.165) is 29.5 Å². The Morgan fingerprint density at radius 2 is 2.00 bits per heavy atom. The lowest BCUT2D eigenvalue weighted by atomic mass is 10.1. The molecule has 0 radical (unpaired) electrons. The summed E-state index contributed by atoms with van der Waals surface area (Å²) >= 11 is 5.96. The Hall–Kier alpha value is -1.06. The van der Waals surface area contributed by atoms with Crippen LogP contribution in [0.25, 0.3) is 10.9 Å². The van der Waals surface area contributed by atoms with E-state index in [1.807, 2.05) is 13.0 Å². The Morgan fingerprint density at radius 3 is 2.60 bits per heavy atom. The molecule has 5 heteroatoms. The van der Waals surface area contributed by atoms with Crippen LogP contribution in [0.2, 0.25) is 0 Å². The van der Waals surface area contributed by atoms with Crippen LogP contribution in [-0.4, -0.2) is 11.6 Å². The highest BCUT2D eigenvalue weighted by Crippen LogP contribution is 2.26. The molecule has 110 valence electrons. The number of aromatic nitrogens is 1. The van der Waals surface area contributed by atoms with Crippen molar-refractivity contribution < 1.29 is 9.13 Å². The van der Waals surface area contributed by atoms with Gasteiger partial charge in [0.15, 0.2) is 11.6 Å². The summed E-state index contributed by atoms with van der Waals surface area (Å²) < 4.78 is 19.1. The number of pyridine rings is 1. The fraction of sp³-hybridized carbons (Fsp3) is 0.400. The molecule has 0 bridgehead atoms. The van der Waals surface area contributed by atoms with Crippen molar-refractivity contribution in [3.05, 3.63) is 35.3 Å². The molecular formula is C15H18Cl2FNO. The molecule has 2 aromatic rings. The zero-order valence-electron chi connectivity index (χ0n) is 11.6. The molecule has 1 aromatic carbocycles. The molecule has 2 nitrogen and oxygen atoms in total. The maximum absolute atomic E-state index is 13.8. The smallest absolute Gasteiger partial charge is 0.167 e. The van der Waals surface area contributed by atoms with Gasteiger partial charge in [-0.1, -0.05) is 13.3 Å². The lowest BCUT2D eigenvalue weighted by Crippen LogP contribution is -1.99. The average molecular weight is 318 g/mol. The van der Waals surface area contributed by atoms with Crippen LogP contribution in [0.1, 0.15) is 31.5 Å². The van der Waals surface area contributed by atoms with Gasteiger partial charge in [-0.15, -0.1) is 24.0 Å². The molecule has 1 aromatic heterocycles. The number of alkyl halides is 1. The zero-order valence-corrected chi connectivity index (χ0v) is 13.2. The first-order valence-electron chi connectivity index (χ1n) is 6.50. The first-order valence-corrected chi connectivity index (χ1v) is 7.03. The topological polar surface area (TPSA) is 22.1 Å². The molecule has 0 atom stereocenters. The van der Waals surface area contributed by atoms with Gasteiger partial charge in [-0.3, -0.25) is 4.98 Å². The minimum Gasteiger partial charge on any atom is -0.491 e. The largest absolute Gasteiger partial charge is 0.491 e. The first-order chi connectivity index (χ1) is 9.19. The number of nitrogens with zero attached hydrogens (tertiary/aromatic N) is 1. The van der Waals surface area contributed by atoms with Gasteiger partial charge in [0.2, 0.25) is 0 Å². The average Bonchev–Trinajstić information content (AvgIpc) is 2.40. The van der Waals surface area contributed by atoms with Crippen LogP contribution in [0.3, 0.4) is 0 Å². The molecule has 0 N–H and O–H groups in total. The summed E-state index contributed by atoms with van der Waals surface area (Å²) in [6, 6.07) is 5.09. The van der Waals surface area contributed by atoms with E-state index in [2.05, 4.69) is 11.9 Å². The van der Waals surface area contributed by atoms with E-state index in [1.54, 1.807) is 6.07 Å². The first kappa shape index (κ1) is 17.0. The molecule has 0 spiro atoms. The van der Waals surface area contributed by atoms with E-state index < -0.39 is 0 Å². The summed E-state index contributed by atoms with van der Waals surface area (Å²) in [6.45, 7) is 4.35. The Kier molecular flexibility index (Phi) is 6.50. The zero-order chi connectivity index (χ0) is 13.8. The maximum atomic E-state index is 13.8. The van der Waals surface area contributed by atoms with Crippen molar-refractivity contribution in [2.45, 2.75) is 32.6 Å². The van der Waals surface area contributed by atoms with Crippen LogP contribution in [-0.2, 0) is 12.3 Å². The number of halogens is 3. The van der Waals surface area contributed by atoms with E-state index in [1.165, 1.54) is 6.07 Å². The molecule has 0 aliphatic heterocycles. The van der Waals surface area contributed by atoms with Crippen molar-refractivity contribution in [1.82, 2.24) is 4.98 Å². The van der Waals surface area contributed by atoms with Gasteiger partial charge >= 0.3 is 0 Å². The number of rotatable bonds is 5. The molecule has 20 heavy (non-hydrogen) atoms.